The second-order valence-corrected chi connectivity index (χ2v) is 20.3. The van der Waals surface area contributed by atoms with Gasteiger partial charge in [0.15, 0.2) is 11.5 Å². The number of thioether (sulfide) groups is 1. The third kappa shape index (κ3) is 21.8. The number of unbranched alkanes of at least 4 members (excludes halogenated alkanes) is 12. The molecule has 2 aromatic heterocycles. The van der Waals surface area contributed by atoms with E-state index in [-0.39, 0.29) is 37.3 Å². The first kappa shape index (κ1) is 56.5. The van der Waals surface area contributed by atoms with E-state index < -0.39 is 52.1 Å². The number of esters is 1. The summed E-state index contributed by atoms with van der Waals surface area (Å²) in [6, 6.07) is 4.54. The molecular formula is C49H81N9O8S. The number of H-pyrrole nitrogens is 1. The molecule has 0 spiro atoms. The number of carbonyl (C=O) groups is 4. The van der Waals surface area contributed by atoms with Gasteiger partial charge in [-0.15, -0.1) is 11.8 Å². The molecule has 2 heterocycles. The number of ether oxygens (including phenoxy) is 3. The lowest BCUT2D eigenvalue weighted by molar-refractivity contribution is -0.142. The van der Waals surface area contributed by atoms with Crippen molar-refractivity contribution in [2.45, 2.75) is 194 Å². The Labute approximate surface area is 402 Å². The SMILES string of the molecule is CCCCCCCCCCCCCCC(SCC(NC(=O)OC(C)(C)C)C(=O)NC(COC(C)(C)C)C(=O)Nc1ccc(Cn2c(=O)[nH]c3c(N)nc(NCCCC)nc32)cc1)C(=O)OCC. The van der Waals surface area contributed by atoms with E-state index in [0.717, 1.165) is 44.1 Å². The minimum absolute atomic E-state index is 0.0115. The monoisotopic (exact) mass is 956 g/mol. The second-order valence-electron chi connectivity index (χ2n) is 19.0. The first-order chi connectivity index (χ1) is 31.8. The number of nitrogens with two attached hydrogens (primary N) is 1. The number of aromatic amines is 1. The number of nitrogen functional groups attached to an aromatic ring is 1. The molecule has 0 aliphatic rings. The lowest BCUT2D eigenvalue weighted by Gasteiger charge is -2.27. The Morgan fingerprint density at radius 2 is 1.39 bits per heavy atom. The van der Waals surface area contributed by atoms with Crippen molar-refractivity contribution in [2.75, 3.05) is 41.9 Å². The number of imidazole rings is 1. The molecule has 67 heavy (non-hydrogen) atoms. The molecule has 18 heteroatoms. The largest absolute Gasteiger partial charge is 0.465 e. The Kier molecular flexibility index (Phi) is 24.6. The van der Waals surface area contributed by atoms with Gasteiger partial charge >= 0.3 is 17.8 Å². The van der Waals surface area contributed by atoms with Crippen LogP contribution in [0.4, 0.5) is 22.2 Å². The lowest BCUT2D eigenvalue weighted by Crippen LogP contribution is -2.56. The molecule has 3 rings (SSSR count). The Morgan fingerprint density at radius 3 is 1.97 bits per heavy atom. The summed E-state index contributed by atoms with van der Waals surface area (Å²) in [5.74, 6) is -1.09. The number of rotatable bonds is 31. The summed E-state index contributed by atoms with van der Waals surface area (Å²) in [5, 5.41) is 10.9. The fourth-order valence-electron chi connectivity index (χ4n) is 7.07. The van der Waals surface area contributed by atoms with E-state index in [1.54, 1.807) is 52.0 Å². The van der Waals surface area contributed by atoms with Crippen molar-refractivity contribution in [2.24, 2.45) is 0 Å². The topological polar surface area (TPSA) is 234 Å². The van der Waals surface area contributed by atoms with Crippen LogP contribution in [0.15, 0.2) is 29.1 Å². The third-order valence-corrected chi connectivity index (χ3v) is 12.0. The number of nitrogens with zero attached hydrogens (tertiary/aromatic N) is 3. The van der Waals surface area contributed by atoms with Crippen LogP contribution in [-0.4, -0.2) is 97.4 Å². The molecule has 3 atom stereocenters. The van der Waals surface area contributed by atoms with Gasteiger partial charge in [0, 0.05) is 18.0 Å². The van der Waals surface area contributed by atoms with Crippen molar-refractivity contribution < 1.29 is 33.4 Å². The maximum absolute atomic E-state index is 14.1. The molecule has 3 amide bonds. The molecule has 7 N–H and O–H groups in total. The zero-order chi connectivity index (χ0) is 49.4. The fraction of sp³-hybridized carbons (Fsp3) is 0.694. The molecular weight excluding hydrogens is 875 g/mol. The lowest BCUT2D eigenvalue weighted by atomic mass is 10.0. The number of amides is 3. The minimum Gasteiger partial charge on any atom is -0.465 e. The number of benzene rings is 1. The van der Waals surface area contributed by atoms with Crippen molar-refractivity contribution in [3.05, 3.63) is 40.3 Å². The third-order valence-electron chi connectivity index (χ3n) is 10.7. The second kappa shape index (κ2) is 29.1. The normalized spacial score (nSPS) is 13.1. The van der Waals surface area contributed by atoms with Crippen LogP contribution in [-0.2, 0) is 35.1 Å². The summed E-state index contributed by atoms with van der Waals surface area (Å²) >= 11 is 1.24. The average Bonchev–Trinajstić information content (AvgIpc) is 3.57. The molecule has 0 radical (unpaired) electrons. The highest BCUT2D eigenvalue weighted by molar-refractivity contribution is 8.00. The van der Waals surface area contributed by atoms with Gasteiger partial charge in [0.05, 0.1) is 25.4 Å². The zero-order valence-corrected chi connectivity index (χ0v) is 42.6. The molecule has 0 fully saturated rings. The van der Waals surface area contributed by atoms with Gasteiger partial charge in [0.1, 0.15) is 28.5 Å². The van der Waals surface area contributed by atoms with Crippen LogP contribution in [0.1, 0.15) is 164 Å². The van der Waals surface area contributed by atoms with E-state index in [4.69, 9.17) is 19.9 Å². The smallest absolute Gasteiger partial charge is 0.408 e. The Hall–Kier alpha value is -4.84. The highest BCUT2D eigenvalue weighted by Crippen LogP contribution is 2.23. The first-order valence-corrected chi connectivity index (χ1v) is 25.5. The van der Waals surface area contributed by atoms with Gasteiger partial charge in [-0.25, -0.2) is 9.59 Å². The molecule has 0 bridgehead atoms. The van der Waals surface area contributed by atoms with Gasteiger partial charge in [-0.1, -0.05) is 109 Å². The number of carbonyl (C=O) groups excluding carboxylic acids is 4. The first-order valence-electron chi connectivity index (χ1n) is 24.5. The highest BCUT2D eigenvalue weighted by Gasteiger charge is 2.32. The summed E-state index contributed by atoms with van der Waals surface area (Å²) in [6.07, 6.45) is 16.0. The number of alkyl carbamates (subject to hydrolysis) is 1. The van der Waals surface area contributed by atoms with Crippen molar-refractivity contribution >= 4 is 64.3 Å². The molecule has 376 valence electrons. The summed E-state index contributed by atoms with van der Waals surface area (Å²) < 4.78 is 18.4. The van der Waals surface area contributed by atoms with E-state index in [1.165, 1.54) is 67.7 Å². The number of nitrogens with one attached hydrogen (secondary N) is 5. The van der Waals surface area contributed by atoms with Crippen LogP contribution in [0.5, 0.6) is 0 Å². The maximum Gasteiger partial charge on any atom is 0.408 e. The number of hydrogen-bond acceptors (Lipinski definition) is 13. The van der Waals surface area contributed by atoms with Gasteiger partial charge < -0.3 is 46.2 Å². The van der Waals surface area contributed by atoms with E-state index in [9.17, 15) is 24.0 Å². The van der Waals surface area contributed by atoms with Crippen molar-refractivity contribution in [1.82, 2.24) is 30.2 Å². The van der Waals surface area contributed by atoms with Gasteiger partial charge in [-0.05, 0) is 79.0 Å². The van der Waals surface area contributed by atoms with E-state index >= 15 is 0 Å². The average molecular weight is 956 g/mol. The van der Waals surface area contributed by atoms with Crippen LogP contribution in [0.3, 0.4) is 0 Å². The standard InChI is InChI=1S/C49H81N9O8S/c1-10-13-15-16-17-18-19-20-21-22-23-24-25-38(44(61)64-12-3)67-33-37(54-47(63)66-49(7,8)9)43(60)53-36(32-65-48(4,5)6)42(59)52-35-28-26-34(27-29-35)31-58-41-39(55-46(58)62)40(50)56-45(57-41)51-30-14-11-2/h26-29,36-38H,10-25,30-33H2,1-9H3,(H,52,59)(H,53,60)(H,54,63)(H,55,62)(H3,50,51,56,57). The number of fused-ring (bicyclic) bond motifs is 1. The van der Waals surface area contributed by atoms with Crippen LogP contribution in [0, 0.1) is 0 Å². The van der Waals surface area contributed by atoms with Gasteiger partial charge in [-0.2, -0.15) is 9.97 Å². The molecule has 1 aromatic carbocycles. The summed E-state index contributed by atoms with van der Waals surface area (Å²) in [6.45, 7) is 17.6. The molecule has 0 aliphatic heterocycles. The summed E-state index contributed by atoms with van der Waals surface area (Å²) in [7, 11) is 0. The van der Waals surface area contributed by atoms with Crippen LogP contribution in [0.25, 0.3) is 11.2 Å². The Balaban J connectivity index is 1.72. The van der Waals surface area contributed by atoms with Gasteiger partial charge in [-0.3, -0.25) is 19.0 Å². The molecule has 3 unspecified atom stereocenters. The van der Waals surface area contributed by atoms with Crippen molar-refractivity contribution in [3.63, 3.8) is 0 Å². The molecule has 0 saturated heterocycles. The van der Waals surface area contributed by atoms with Gasteiger partial charge in [0.2, 0.25) is 17.8 Å². The van der Waals surface area contributed by atoms with Gasteiger partial charge in [0.25, 0.3) is 0 Å². The Bertz CT molecular complexity index is 2030. The fourth-order valence-corrected chi connectivity index (χ4v) is 8.27. The predicted octanol–water partition coefficient (Wildman–Crippen LogP) is 8.85. The van der Waals surface area contributed by atoms with Crippen molar-refractivity contribution in [1.29, 1.82) is 0 Å². The maximum atomic E-state index is 14.1. The zero-order valence-electron chi connectivity index (χ0n) is 41.8. The predicted molar refractivity (Wildman–Crippen MR) is 269 cm³/mol. The molecule has 3 aromatic rings. The van der Waals surface area contributed by atoms with Crippen LogP contribution in [0.2, 0.25) is 0 Å². The molecule has 0 saturated carbocycles. The molecule has 17 nitrogen and oxygen atoms in total. The molecule has 0 aliphatic carbocycles. The summed E-state index contributed by atoms with van der Waals surface area (Å²) in [4.78, 5) is 78.9. The van der Waals surface area contributed by atoms with E-state index in [0.29, 0.717) is 35.8 Å². The number of hydrogen-bond donors (Lipinski definition) is 6. The van der Waals surface area contributed by atoms with Crippen LogP contribution < -0.4 is 32.7 Å². The number of anilines is 3. The highest BCUT2D eigenvalue weighted by atomic mass is 32.2. The minimum atomic E-state index is -1.18. The van der Waals surface area contributed by atoms with Crippen LogP contribution >= 0.6 is 11.8 Å². The van der Waals surface area contributed by atoms with Crippen molar-refractivity contribution in [3.8, 4) is 0 Å². The number of aromatic nitrogens is 4. The summed E-state index contributed by atoms with van der Waals surface area (Å²) in [5.41, 5.74) is 6.15. The van der Waals surface area contributed by atoms with E-state index in [2.05, 4.69) is 50.1 Å². The van der Waals surface area contributed by atoms with E-state index in [1.807, 2.05) is 20.8 Å². The quantitative estimate of drug-likeness (QED) is 0.0262. The Morgan fingerprint density at radius 1 is 0.776 bits per heavy atom.